The lowest BCUT2D eigenvalue weighted by atomic mass is 9.86. The van der Waals surface area contributed by atoms with E-state index in [1.165, 1.54) is 24.3 Å². The molecule has 25 heavy (non-hydrogen) atoms. The van der Waals surface area contributed by atoms with E-state index in [0.29, 0.717) is 17.0 Å². The van der Waals surface area contributed by atoms with E-state index in [9.17, 15) is 14.3 Å². The molecule has 2 N–H and O–H groups in total. The molecule has 1 aliphatic carbocycles. The lowest BCUT2D eigenvalue weighted by Crippen LogP contribution is -2.42. The largest absolute Gasteiger partial charge is 0.458 e. The van der Waals surface area contributed by atoms with Gasteiger partial charge in [0, 0.05) is 18.5 Å². The summed E-state index contributed by atoms with van der Waals surface area (Å²) < 4.78 is 19.1. The van der Waals surface area contributed by atoms with Crippen molar-refractivity contribution in [1.82, 2.24) is 5.32 Å². The summed E-state index contributed by atoms with van der Waals surface area (Å²) in [5.74, 6) is -0.844. The first-order chi connectivity index (χ1) is 12.1. The minimum Gasteiger partial charge on any atom is -0.458 e. The van der Waals surface area contributed by atoms with Crippen molar-refractivity contribution in [2.75, 3.05) is 6.54 Å². The third kappa shape index (κ3) is 2.73. The molecule has 1 heterocycles. The third-order valence-electron chi connectivity index (χ3n) is 5.34. The predicted molar refractivity (Wildman–Crippen MR) is 90.2 cm³/mol. The lowest BCUT2D eigenvalue weighted by Gasteiger charge is -2.29. The number of benzene rings is 2. The van der Waals surface area contributed by atoms with Crippen LogP contribution in [-0.2, 0) is 15.1 Å². The fourth-order valence-corrected chi connectivity index (χ4v) is 3.95. The highest BCUT2D eigenvalue weighted by Gasteiger charge is 2.48. The summed E-state index contributed by atoms with van der Waals surface area (Å²) in [6, 6.07) is 14.1. The Morgan fingerprint density at radius 1 is 1.08 bits per heavy atom. The number of hydrogen-bond donors (Lipinski definition) is 2. The summed E-state index contributed by atoms with van der Waals surface area (Å²) in [5.41, 5.74) is -1.26. The lowest BCUT2D eigenvalue weighted by molar-refractivity contribution is -0.169. The average molecular weight is 341 g/mol. The van der Waals surface area contributed by atoms with Crippen LogP contribution in [0.5, 0.6) is 0 Å². The van der Waals surface area contributed by atoms with Crippen molar-refractivity contribution in [1.29, 1.82) is 0 Å². The number of halogens is 1. The third-order valence-corrected chi connectivity index (χ3v) is 5.34. The maximum atomic E-state index is 13.3. The molecule has 4 nitrogen and oxygen atoms in total. The first kappa shape index (κ1) is 16.2. The minimum absolute atomic E-state index is 0.155. The van der Waals surface area contributed by atoms with Crippen molar-refractivity contribution in [2.24, 2.45) is 5.92 Å². The van der Waals surface area contributed by atoms with Gasteiger partial charge in [-0.2, -0.15) is 0 Å². The van der Waals surface area contributed by atoms with Gasteiger partial charge in [-0.15, -0.1) is 0 Å². The second-order valence-corrected chi connectivity index (χ2v) is 6.81. The zero-order valence-electron chi connectivity index (χ0n) is 13.7. The van der Waals surface area contributed by atoms with E-state index < -0.39 is 17.4 Å². The van der Waals surface area contributed by atoms with Crippen molar-refractivity contribution in [3.05, 3.63) is 71.5 Å². The zero-order valence-corrected chi connectivity index (χ0v) is 13.7. The van der Waals surface area contributed by atoms with Crippen LogP contribution >= 0.6 is 0 Å². The highest BCUT2D eigenvalue weighted by Crippen LogP contribution is 2.37. The average Bonchev–Trinajstić information content (AvgIpc) is 3.21. The molecule has 3 unspecified atom stereocenters. The highest BCUT2D eigenvalue weighted by molar-refractivity contribution is 5.85. The molecule has 2 fully saturated rings. The Kier molecular flexibility index (Phi) is 4.06. The van der Waals surface area contributed by atoms with Crippen LogP contribution in [0, 0.1) is 11.7 Å². The smallest absolute Gasteiger partial charge is 0.348 e. The predicted octanol–water partition coefficient (Wildman–Crippen LogP) is 2.36. The minimum atomic E-state index is -1.96. The summed E-state index contributed by atoms with van der Waals surface area (Å²) in [6.07, 6.45) is 1.78. The molecule has 2 bridgehead atoms. The van der Waals surface area contributed by atoms with Gasteiger partial charge in [0.1, 0.15) is 11.9 Å². The Labute approximate surface area is 145 Å². The molecule has 5 heteroatoms. The van der Waals surface area contributed by atoms with E-state index in [4.69, 9.17) is 4.74 Å². The van der Waals surface area contributed by atoms with E-state index in [1.807, 2.05) is 0 Å². The Morgan fingerprint density at radius 2 is 1.76 bits per heavy atom. The number of aliphatic hydroxyl groups is 1. The van der Waals surface area contributed by atoms with E-state index in [2.05, 4.69) is 5.32 Å². The van der Waals surface area contributed by atoms with Crippen molar-refractivity contribution in [3.8, 4) is 0 Å². The maximum Gasteiger partial charge on any atom is 0.348 e. The van der Waals surface area contributed by atoms with Gasteiger partial charge in [-0.3, -0.25) is 0 Å². The molecule has 4 rings (SSSR count). The van der Waals surface area contributed by atoms with E-state index in [0.717, 1.165) is 19.4 Å². The number of rotatable bonds is 4. The van der Waals surface area contributed by atoms with Gasteiger partial charge in [-0.05, 0) is 36.1 Å². The molecule has 2 aromatic rings. The molecule has 2 aliphatic rings. The summed E-state index contributed by atoms with van der Waals surface area (Å²) in [5, 5.41) is 14.7. The van der Waals surface area contributed by atoms with Gasteiger partial charge in [0.15, 0.2) is 0 Å². The summed E-state index contributed by atoms with van der Waals surface area (Å²) in [4.78, 5) is 13.0. The van der Waals surface area contributed by atoms with Gasteiger partial charge in [-0.25, -0.2) is 9.18 Å². The summed E-state index contributed by atoms with van der Waals surface area (Å²) in [6.45, 7) is 0.836. The van der Waals surface area contributed by atoms with Gasteiger partial charge in [0.05, 0.1) is 0 Å². The summed E-state index contributed by atoms with van der Waals surface area (Å²) in [7, 11) is 0. The second kappa shape index (κ2) is 6.24. The van der Waals surface area contributed by atoms with Crippen LogP contribution in [0.3, 0.4) is 0 Å². The van der Waals surface area contributed by atoms with Gasteiger partial charge in [0.2, 0.25) is 5.60 Å². The molecule has 2 aromatic carbocycles. The Bertz CT molecular complexity index is 744. The van der Waals surface area contributed by atoms with E-state index in [-0.39, 0.29) is 12.1 Å². The number of carbonyl (C=O) groups is 1. The van der Waals surface area contributed by atoms with Crippen LogP contribution in [0.4, 0.5) is 4.39 Å². The number of piperidine rings is 1. The monoisotopic (exact) mass is 341 g/mol. The van der Waals surface area contributed by atoms with Crippen LogP contribution in [0.15, 0.2) is 54.6 Å². The number of nitrogens with one attached hydrogen (secondary N) is 1. The number of ether oxygens (including phenoxy) is 1. The maximum absolute atomic E-state index is 13.3. The van der Waals surface area contributed by atoms with Gasteiger partial charge in [-0.1, -0.05) is 42.5 Å². The van der Waals surface area contributed by atoms with Gasteiger partial charge < -0.3 is 15.2 Å². The number of fused-ring (bicyclic) bond motifs is 2. The van der Waals surface area contributed by atoms with Crippen LogP contribution in [0.1, 0.15) is 24.0 Å². The molecule has 0 spiro atoms. The summed E-state index contributed by atoms with van der Waals surface area (Å²) >= 11 is 0. The number of esters is 1. The van der Waals surface area contributed by atoms with Crippen LogP contribution in [0.25, 0.3) is 0 Å². The molecule has 0 radical (unpaired) electrons. The zero-order chi connectivity index (χ0) is 17.4. The fourth-order valence-electron chi connectivity index (χ4n) is 3.95. The fraction of sp³-hybridized carbons (Fsp3) is 0.350. The van der Waals surface area contributed by atoms with Crippen molar-refractivity contribution in [3.63, 3.8) is 0 Å². The Morgan fingerprint density at radius 3 is 2.32 bits per heavy atom. The molecule has 130 valence electrons. The van der Waals surface area contributed by atoms with Crippen LogP contribution in [-0.4, -0.2) is 29.8 Å². The quantitative estimate of drug-likeness (QED) is 0.838. The first-order valence-electron chi connectivity index (χ1n) is 8.57. The van der Waals surface area contributed by atoms with Gasteiger partial charge >= 0.3 is 5.97 Å². The van der Waals surface area contributed by atoms with E-state index >= 15 is 0 Å². The molecular formula is C20H20FNO3. The normalized spacial score (nSPS) is 27.0. The molecule has 1 saturated heterocycles. The standard InChI is InChI=1S/C20H20FNO3/c21-16-9-7-15(8-10-16)20(24,14-4-2-1-3-5-14)19(23)25-18-13-6-11-17(18)22-12-13/h1-5,7-10,13,17-18,22,24H,6,11-12H2/t13?,17?,18?,20-/m0/s1. The molecule has 1 aliphatic heterocycles. The molecule has 1 saturated carbocycles. The van der Waals surface area contributed by atoms with Gasteiger partial charge in [0.25, 0.3) is 0 Å². The molecule has 0 aromatic heterocycles. The highest BCUT2D eigenvalue weighted by atomic mass is 19.1. The van der Waals surface area contributed by atoms with Crippen LogP contribution < -0.4 is 5.32 Å². The molecule has 4 atom stereocenters. The second-order valence-electron chi connectivity index (χ2n) is 6.81. The topological polar surface area (TPSA) is 58.6 Å². The molecular weight excluding hydrogens is 321 g/mol. The number of hydrogen-bond acceptors (Lipinski definition) is 4. The number of carbonyl (C=O) groups excluding carboxylic acids is 1. The van der Waals surface area contributed by atoms with Crippen molar-refractivity contribution in [2.45, 2.75) is 30.6 Å². The molecule has 0 amide bonds. The van der Waals surface area contributed by atoms with E-state index in [1.54, 1.807) is 30.3 Å². The SMILES string of the molecule is O=C(OC1C2CCC1NC2)[C@](O)(c1ccccc1)c1ccc(F)cc1. The van der Waals surface area contributed by atoms with Crippen molar-refractivity contribution >= 4 is 5.97 Å². The Balaban J connectivity index is 1.70. The Hall–Kier alpha value is -2.24. The first-order valence-corrected chi connectivity index (χ1v) is 8.57. The van der Waals surface area contributed by atoms with Crippen molar-refractivity contribution < 1.29 is 19.0 Å². The van der Waals surface area contributed by atoms with Crippen LogP contribution in [0.2, 0.25) is 0 Å².